The van der Waals surface area contributed by atoms with Crippen molar-refractivity contribution < 1.29 is 4.74 Å². The van der Waals surface area contributed by atoms with E-state index in [4.69, 9.17) is 10.5 Å². The molecule has 1 aliphatic heterocycles. The Bertz CT molecular complexity index is 522. The van der Waals surface area contributed by atoms with Gasteiger partial charge in [-0.2, -0.15) is 0 Å². The Hall–Kier alpha value is -1.78. The highest BCUT2D eigenvalue weighted by Crippen LogP contribution is 2.38. The van der Waals surface area contributed by atoms with Crippen LogP contribution in [0, 0.1) is 0 Å². The second-order valence-corrected chi connectivity index (χ2v) is 4.44. The number of hydrogen-bond acceptors (Lipinski definition) is 3. The highest BCUT2D eigenvalue weighted by atomic mass is 16.5. The number of nitrogens with two attached hydrogens (primary N) is 1. The number of ether oxygens (including phenoxy) is 1. The Morgan fingerprint density at radius 1 is 1.35 bits per heavy atom. The summed E-state index contributed by atoms with van der Waals surface area (Å²) in [5.41, 5.74) is 7.76. The molecule has 4 N–H and O–H groups in total. The molecule has 0 aromatic carbocycles. The Labute approximate surface area is 99.9 Å². The molecule has 0 aliphatic carbocycles. The Morgan fingerprint density at radius 3 is 2.82 bits per heavy atom. The van der Waals surface area contributed by atoms with E-state index in [1.54, 1.807) is 0 Å². The van der Waals surface area contributed by atoms with E-state index in [1.165, 1.54) is 12.8 Å². The van der Waals surface area contributed by atoms with E-state index in [1.807, 2.05) is 13.0 Å². The lowest BCUT2D eigenvalue weighted by Crippen LogP contribution is -2.18. The maximum Gasteiger partial charge on any atom is 0.185 e. The molecular weight excluding hydrogens is 216 g/mol. The molecular formula is C12H18N4O. The largest absolute Gasteiger partial charge is 0.488 e. The van der Waals surface area contributed by atoms with Gasteiger partial charge in [-0.3, -0.25) is 0 Å². The summed E-state index contributed by atoms with van der Waals surface area (Å²) >= 11 is 0. The molecule has 0 saturated carbocycles. The fourth-order valence-electron chi connectivity index (χ4n) is 2.50. The molecule has 3 rings (SSSR count). The quantitative estimate of drug-likeness (QED) is 0.761. The molecule has 0 bridgehead atoms. The number of aromatic amines is 2. The minimum Gasteiger partial charge on any atom is -0.488 e. The summed E-state index contributed by atoms with van der Waals surface area (Å²) in [6, 6.07) is 1.91. The van der Waals surface area contributed by atoms with Gasteiger partial charge >= 0.3 is 0 Å². The van der Waals surface area contributed by atoms with Gasteiger partial charge in [-0.25, -0.2) is 0 Å². The number of hydrogen-bond donors (Lipinski definition) is 3. The third-order valence-corrected chi connectivity index (χ3v) is 3.24. The van der Waals surface area contributed by atoms with Crippen molar-refractivity contribution in [2.24, 2.45) is 0 Å². The number of fused-ring (bicyclic) bond motifs is 1. The average Bonchev–Trinajstić information content (AvgIpc) is 2.95. The van der Waals surface area contributed by atoms with E-state index in [9.17, 15) is 0 Å². The maximum absolute atomic E-state index is 5.76. The van der Waals surface area contributed by atoms with E-state index in [-0.39, 0.29) is 0 Å². The average molecular weight is 234 g/mol. The van der Waals surface area contributed by atoms with Crippen LogP contribution in [0.2, 0.25) is 0 Å². The van der Waals surface area contributed by atoms with Crippen molar-refractivity contribution in [1.29, 1.82) is 0 Å². The van der Waals surface area contributed by atoms with Crippen LogP contribution >= 0.6 is 0 Å². The fourth-order valence-corrected chi connectivity index (χ4v) is 2.50. The van der Waals surface area contributed by atoms with Crippen LogP contribution in [0.4, 0.5) is 11.6 Å². The van der Waals surface area contributed by atoms with E-state index >= 15 is 0 Å². The molecule has 0 amide bonds. The molecule has 0 atom stereocenters. The Morgan fingerprint density at radius 2 is 2.12 bits per heavy atom. The number of nitrogens with one attached hydrogen (secondary N) is 2. The molecule has 0 spiro atoms. The van der Waals surface area contributed by atoms with Crippen LogP contribution in [0.5, 0.6) is 5.75 Å². The van der Waals surface area contributed by atoms with E-state index in [2.05, 4.69) is 14.9 Å². The molecule has 92 valence electrons. The summed E-state index contributed by atoms with van der Waals surface area (Å²) in [6.45, 7) is 4.85. The van der Waals surface area contributed by atoms with Gasteiger partial charge in [0.15, 0.2) is 11.6 Å². The first-order chi connectivity index (χ1) is 8.29. The van der Waals surface area contributed by atoms with Gasteiger partial charge in [-0.1, -0.05) is 0 Å². The third kappa shape index (κ3) is 1.62. The first-order valence-corrected chi connectivity index (χ1v) is 6.17. The first-order valence-electron chi connectivity index (χ1n) is 6.17. The lowest BCUT2D eigenvalue weighted by atomic mass is 10.4. The normalized spacial score (nSPS) is 15.9. The highest BCUT2D eigenvalue weighted by Gasteiger charge is 2.22. The van der Waals surface area contributed by atoms with Crippen molar-refractivity contribution in [3.63, 3.8) is 0 Å². The predicted molar refractivity (Wildman–Crippen MR) is 69.7 cm³/mol. The monoisotopic (exact) mass is 234 g/mol. The zero-order chi connectivity index (χ0) is 11.8. The zero-order valence-electron chi connectivity index (χ0n) is 10.0. The van der Waals surface area contributed by atoms with Crippen LogP contribution in [0.3, 0.4) is 0 Å². The van der Waals surface area contributed by atoms with Crippen molar-refractivity contribution >= 4 is 22.7 Å². The summed E-state index contributed by atoms with van der Waals surface area (Å²) in [4.78, 5) is 8.89. The minimum absolute atomic E-state index is 0.659. The molecule has 17 heavy (non-hydrogen) atoms. The van der Waals surface area contributed by atoms with Crippen molar-refractivity contribution in [3.8, 4) is 5.75 Å². The van der Waals surface area contributed by atoms with Gasteiger partial charge in [0.25, 0.3) is 0 Å². The summed E-state index contributed by atoms with van der Waals surface area (Å²) in [5.74, 6) is 2.66. The van der Waals surface area contributed by atoms with Crippen LogP contribution < -0.4 is 15.4 Å². The van der Waals surface area contributed by atoms with Crippen LogP contribution in [0.25, 0.3) is 11.0 Å². The summed E-state index contributed by atoms with van der Waals surface area (Å²) in [5, 5.41) is 0. The molecule has 0 unspecified atom stereocenters. The van der Waals surface area contributed by atoms with Crippen LogP contribution in [0.15, 0.2) is 6.07 Å². The highest BCUT2D eigenvalue weighted by molar-refractivity contribution is 5.92. The SMILES string of the molecule is CCOc1c(N2CCCC2)[nH]c2cc(N)[nH]c12. The third-order valence-electron chi connectivity index (χ3n) is 3.24. The van der Waals surface area contributed by atoms with Gasteiger partial charge in [0.1, 0.15) is 11.3 Å². The number of anilines is 2. The number of aromatic nitrogens is 2. The molecule has 1 fully saturated rings. The molecule has 0 radical (unpaired) electrons. The second-order valence-electron chi connectivity index (χ2n) is 4.44. The molecule has 3 heterocycles. The van der Waals surface area contributed by atoms with Gasteiger partial charge in [0, 0.05) is 19.2 Å². The summed E-state index contributed by atoms with van der Waals surface area (Å²) in [7, 11) is 0. The van der Waals surface area contributed by atoms with Crippen molar-refractivity contribution in [3.05, 3.63) is 6.07 Å². The van der Waals surface area contributed by atoms with Gasteiger partial charge in [-0.05, 0) is 19.8 Å². The fraction of sp³-hybridized carbons (Fsp3) is 0.500. The van der Waals surface area contributed by atoms with Crippen molar-refractivity contribution in [2.45, 2.75) is 19.8 Å². The molecule has 2 aromatic heterocycles. The summed E-state index contributed by atoms with van der Waals surface area (Å²) < 4.78 is 5.76. The van der Waals surface area contributed by atoms with Crippen LogP contribution in [-0.4, -0.2) is 29.7 Å². The predicted octanol–water partition coefficient (Wildman–Crippen LogP) is 2.08. The molecule has 2 aromatic rings. The van der Waals surface area contributed by atoms with Gasteiger partial charge < -0.3 is 25.3 Å². The standard InChI is InChI=1S/C12H18N4O/c1-2-17-11-10-8(7-9(13)15-10)14-12(11)16-5-3-4-6-16/h7,14-15H,2-6,13H2,1H3. The van der Waals surface area contributed by atoms with Crippen molar-refractivity contribution in [1.82, 2.24) is 9.97 Å². The molecule has 1 saturated heterocycles. The Balaban J connectivity index is 2.08. The van der Waals surface area contributed by atoms with E-state index < -0.39 is 0 Å². The van der Waals surface area contributed by atoms with Crippen LogP contribution in [-0.2, 0) is 0 Å². The molecule has 5 nitrogen and oxygen atoms in total. The number of rotatable bonds is 3. The number of nitrogen functional groups attached to an aromatic ring is 1. The second kappa shape index (κ2) is 3.91. The lowest BCUT2D eigenvalue weighted by molar-refractivity contribution is 0.344. The number of H-pyrrole nitrogens is 2. The number of nitrogens with zero attached hydrogens (tertiary/aromatic N) is 1. The maximum atomic E-state index is 5.76. The van der Waals surface area contributed by atoms with Gasteiger partial charge in [0.2, 0.25) is 0 Å². The van der Waals surface area contributed by atoms with E-state index in [0.29, 0.717) is 12.4 Å². The first kappa shape index (κ1) is 10.4. The van der Waals surface area contributed by atoms with Crippen molar-refractivity contribution in [2.75, 3.05) is 30.3 Å². The smallest absolute Gasteiger partial charge is 0.185 e. The van der Waals surface area contributed by atoms with Crippen LogP contribution in [0.1, 0.15) is 19.8 Å². The van der Waals surface area contributed by atoms with E-state index in [0.717, 1.165) is 35.7 Å². The summed E-state index contributed by atoms with van der Waals surface area (Å²) in [6.07, 6.45) is 2.50. The lowest BCUT2D eigenvalue weighted by Gasteiger charge is -2.17. The minimum atomic E-state index is 0.659. The topological polar surface area (TPSA) is 70.1 Å². The van der Waals surface area contributed by atoms with Gasteiger partial charge in [-0.15, -0.1) is 0 Å². The molecule has 1 aliphatic rings. The molecule has 5 heteroatoms. The zero-order valence-corrected chi connectivity index (χ0v) is 10.0. The van der Waals surface area contributed by atoms with Gasteiger partial charge in [0.05, 0.1) is 12.1 Å². The Kier molecular flexibility index (Phi) is 2.39.